The smallest absolute Gasteiger partial charge is 0.148 e. The van der Waals surface area contributed by atoms with Crippen molar-refractivity contribution < 1.29 is 8.42 Å². The van der Waals surface area contributed by atoms with Gasteiger partial charge >= 0.3 is 0 Å². The second kappa shape index (κ2) is 6.15. The number of hydrogen-bond donors (Lipinski definition) is 0. The maximum absolute atomic E-state index is 10.9. The van der Waals surface area contributed by atoms with Crippen LogP contribution in [0.25, 0.3) is 0 Å². The van der Waals surface area contributed by atoms with Gasteiger partial charge in [0.2, 0.25) is 0 Å². The molecular formula is C10H12Cl2O2S2. The van der Waals surface area contributed by atoms with E-state index in [1.54, 1.807) is 23.9 Å². The van der Waals surface area contributed by atoms with E-state index in [1.165, 1.54) is 6.26 Å². The van der Waals surface area contributed by atoms with Gasteiger partial charge in [-0.15, -0.1) is 0 Å². The van der Waals surface area contributed by atoms with E-state index >= 15 is 0 Å². The van der Waals surface area contributed by atoms with Crippen LogP contribution in [0.4, 0.5) is 0 Å². The van der Waals surface area contributed by atoms with E-state index in [1.807, 2.05) is 6.07 Å². The van der Waals surface area contributed by atoms with E-state index in [0.29, 0.717) is 15.8 Å². The number of rotatable bonds is 5. The maximum Gasteiger partial charge on any atom is 0.148 e. The van der Waals surface area contributed by atoms with E-state index in [9.17, 15) is 8.42 Å². The molecule has 0 fully saturated rings. The van der Waals surface area contributed by atoms with E-state index in [2.05, 4.69) is 0 Å². The van der Waals surface area contributed by atoms with Crippen LogP contribution < -0.4 is 0 Å². The molecule has 0 radical (unpaired) electrons. The summed E-state index contributed by atoms with van der Waals surface area (Å²) in [6.07, 6.45) is 1.24. The third-order valence-electron chi connectivity index (χ3n) is 1.85. The molecule has 6 heteroatoms. The van der Waals surface area contributed by atoms with Crippen molar-refractivity contribution in [3.63, 3.8) is 0 Å². The Morgan fingerprint density at radius 2 is 1.94 bits per heavy atom. The summed E-state index contributed by atoms with van der Waals surface area (Å²) in [5.74, 6) is 1.55. The lowest BCUT2D eigenvalue weighted by molar-refractivity contribution is 0.603. The first-order chi connectivity index (χ1) is 7.38. The van der Waals surface area contributed by atoms with Gasteiger partial charge in [-0.1, -0.05) is 29.3 Å². The molecule has 0 aromatic heterocycles. The van der Waals surface area contributed by atoms with Gasteiger partial charge in [-0.05, 0) is 17.7 Å². The van der Waals surface area contributed by atoms with Crippen LogP contribution in [0.2, 0.25) is 10.0 Å². The zero-order valence-electron chi connectivity index (χ0n) is 8.74. The van der Waals surface area contributed by atoms with Crippen LogP contribution in [0.15, 0.2) is 18.2 Å². The monoisotopic (exact) mass is 298 g/mol. The van der Waals surface area contributed by atoms with Crippen LogP contribution in [0.5, 0.6) is 0 Å². The first-order valence-corrected chi connectivity index (χ1v) is 8.55. The normalized spacial score (nSPS) is 11.7. The molecule has 16 heavy (non-hydrogen) atoms. The van der Waals surface area contributed by atoms with Crippen LogP contribution >= 0.6 is 35.0 Å². The molecule has 90 valence electrons. The van der Waals surface area contributed by atoms with Crippen LogP contribution in [0, 0.1) is 0 Å². The van der Waals surface area contributed by atoms with Gasteiger partial charge in [-0.2, -0.15) is 11.8 Å². The molecule has 0 unspecified atom stereocenters. The molecule has 2 nitrogen and oxygen atoms in total. The Kier molecular flexibility index (Phi) is 5.44. The Labute approximate surface area is 110 Å². The molecule has 1 rings (SSSR count). The van der Waals surface area contributed by atoms with E-state index < -0.39 is 9.84 Å². The van der Waals surface area contributed by atoms with Gasteiger partial charge in [0.25, 0.3) is 0 Å². The highest BCUT2D eigenvalue weighted by Crippen LogP contribution is 2.24. The SMILES string of the molecule is CS(=O)(=O)CCSCc1ccc(Cl)c(Cl)c1. The lowest BCUT2D eigenvalue weighted by atomic mass is 10.2. The minimum Gasteiger partial charge on any atom is -0.229 e. The van der Waals surface area contributed by atoms with Crippen LogP contribution in [0.3, 0.4) is 0 Å². The van der Waals surface area contributed by atoms with E-state index in [4.69, 9.17) is 23.2 Å². The summed E-state index contributed by atoms with van der Waals surface area (Å²) < 4.78 is 21.8. The molecule has 0 amide bonds. The summed E-state index contributed by atoms with van der Waals surface area (Å²) in [5, 5.41) is 1.06. The Morgan fingerprint density at radius 1 is 1.25 bits per heavy atom. The molecule has 0 bridgehead atoms. The molecule has 1 aromatic carbocycles. The molecule has 0 aliphatic heterocycles. The van der Waals surface area contributed by atoms with E-state index in [0.717, 1.165) is 11.3 Å². The second-order valence-corrected chi connectivity index (χ2v) is 7.61. The number of halogens is 2. The van der Waals surface area contributed by atoms with Gasteiger partial charge in [0.15, 0.2) is 0 Å². The number of thioether (sulfide) groups is 1. The van der Waals surface area contributed by atoms with Gasteiger partial charge < -0.3 is 0 Å². The highest BCUT2D eigenvalue weighted by Gasteiger charge is 2.03. The summed E-state index contributed by atoms with van der Waals surface area (Å²) in [5.41, 5.74) is 1.05. The first kappa shape index (κ1) is 14.2. The molecule has 0 aliphatic carbocycles. The predicted octanol–water partition coefficient (Wildman–Crippen LogP) is 3.27. The van der Waals surface area contributed by atoms with Crippen molar-refractivity contribution in [1.82, 2.24) is 0 Å². The summed E-state index contributed by atoms with van der Waals surface area (Å²) in [6.45, 7) is 0. The van der Waals surface area contributed by atoms with Gasteiger partial charge in [0.1, 0.15) is 9.84 Å². The van der Waals surface area contributed by atoms with Crippen molar-refractivity contribution in [2.24, 2.45) is 0 Å². The first-order valence-electron chi connectivity index (χ1n) is 4.58. The zero-order chi connectivity index (χ0) is 12.2. The molecule has 0 saturated carbocycles. The summed E-state index contributed by atoms with van der Waals surface area (Å²) in [7, 11) is -2.86. The molecule has 0 saturated heterocycles. The molecule has 0 aliphatic rings. The van der Waals surface area contributed by atoms with Crippen molar-refractivity contribution in [3.8, 4) is 0 Å². The molecule has 1 aromatic rings. The Balaban J connectivity index is 2.41. The molecule has 0 N–H and O–H groups in total. The minimum absolute atomic E-state index is 0.207. The average Bonchev–Trinajstić information content (AvgIpc) is 2.17. The largest absolute Gasteiger partial charge is 0.229 e. The number of hydrogen-bond acceptors (Lipinski definition) is 3. The topological polar surface area (TPSA) is 34.1 Å². The van der Waals surface area contributed by atoms with Gasteiger partial charge in [-0.25, -0.2) is 8.42 Å². The molecule has 0 atom stereocenters. The van der Waals surface area contributed by atoms with Gasteiger partial charge in [0, 0.05) is 17.8 Å². The fourth-order valence-corrected chi connectivity index (χ4v) is 3.59. The van der Waals surface area contributed by atoms with Crippen molar-refractivity contribution in [3.05, 3.63) is 33.8 Å². The Hall–Kier alpha value is 0.1000. The molecular weight excluding hydrogens is 287 g/mol. The quantitative estimate of drug-likeness (QED) is 0.783. The highest BCUT2D eigenvalue weighted by atomic mass is 35.5. The fourth-order valence-electron chi connectivity index (χ4n) is 1.03. The lowest BCUT2D eigenvalue weighted by Crippen LogP contribution is -2.05. The van der Waals surface area contributed by atoms with Crippen molar-refractivity contribution in [2.45, 2.75) is 5.75 Å². The van der Waals surface area contributed by atoms with Crippen LogP contribution in [-0.4, -0.2) is 26.2 Å². The van der Waals surface area contributed by atoms with Crippen molar-refractivity contribution in [2.75, 3.05) is 17.8 Å². The third-order valence-corrected chi connectivity index (χ3v) is 4.82. The summed E-state index contributed by atoms with van der Waals surface area (Å²) >= 11 is 13.2. The summed E-state index contributed by atoms with van der Waals surface area (Å²) in [4.78, 5) is 0. The highest BCUT2D eigenvalue weighted by molar-refractivity contribution is 7.99. The summed E-state index contributed by atoms with van der Waals surface area (Å²) in [6, 6.07) is 5.44. The van der Waals surface area contributed by atoms with Crippen LogP contribution in [0.1, 0.15) is 5.56 Å². The lowest BCUT2D eigenvalue weighted by Gasteiger charge is -2.03. The number of benzene rings is 1. The standard InChI is InChI=1S/C10H12Cl2O2S2/c1-16(13,14)5-4-15-7-8-2-3-9(11)10(12)6-8/h2-3,6H,4-5,7H2,1H3. The second-order valence-electron chi connectivity index (χ2n) is 3.43. The predicted molar refractivity (Wildman–Crippen MR) is 72.3 cm³/mol. The van der Waals surface area contributed by atoms with Crippen LogP contribution in [-0.2, 0) is 15.6 Å². The zero-order valence-corrected chi connectivity index (χ0v) is 11.9. The average molecular weight is 299 g/mol. The van der Waals surface area contributed by atoms with E-state index in [-0.39, 0.29) is 5.75 Å². The fraction of sp³-hybridized carbons (Fsp3) is 0.400. The molecule has 0 spiro atoms. The van der Waals surface area contributed by atoms with Crippen molar-refractivity contribution in [1.29, 1.82) is 0 Å². The Morgan fingerprint density at radius 3 is 2.50 bits per heavy atom. The van der Waals surface area contributed by atoms with Gasteiger partial charge in [-0.3, -0.25) is 0 Å². The maximum atomic E-state index is 10.9. The Bertz CT molecular complexity index is 458. The molecule has 0 heterocycles. The third kappa shape index (κ3) is 5.43. The van der Waals surface area contributed by atoms with Crippen molar-refractivity contribution >= 4 is 44.8 Å². The number of sulfone groups is 1. The minimum atomic E-state index is -2.86. The van der Waals surface area contributed by atoms with Gasteiger partial charge in [0.05, 0.1) is 15.8 Å².